The first-order chi connectivity index (χ1) is 19.9. The van der Waals surface area contributed by atoms with E-state index >= 15 is 0 Å². The highest BCUT2D eigenvalue weighted by Gasteiger charge is 2.29. The highest BCUT2D eigenvalue weighted by Crippen LogP contribution is 2.31. The van der Waals surface area contributed by atoms with E-state index in [1.165, 1.54) is 18.3 Å². The maximum Gasteiger partial charge on any atom is 0.272 e. The molecule has 0 spiro atoms. The van der Waals surface area contributed by atoms with Crippen LogP contribution in [0.5, 0.6) is 11.5 Å². The molecular formula is C33H35FN2O5. The number of carbonyl (C=O) groups excluding carboxylic acids is 3. The van der Waals surface area contributed by atoms with Crippen LogP contribution in [-0.4, -0.2) is 53.7 Å². The quantitative estimate of drug-likeness (QED) is 0.292. The van der Waals surface area contributed by atoms with E-state index in [1.54, 1.807) is 60.5 Å². The predicted octanol–water partition coefficient (Wildman–Crippen LogP) is 6.18. The summed E-state index contributed by atoms with van der Waals surface area (Å²) >= 11 is 0. The van der Waals surface area contributed by atoms with Crippen LogP contribution in [0.1, 0.15) is 76.2 Å². The van der Waals surface area contributed by atoms with E-state index < -0.39 is 0 Å². The number of halogens is 1. The summed E-state index contributed by atoms with van der Waals surface area (Å²) in [6.45, 7) is 0.975. The van der Waals surface area contributed by atoms with Gasteiger partial charge in [0.2, 0.25) is 0 Å². The number of methoxy groups -OCH3 is 1. The summed E-state index contributed by atoms with van der Waals surface area (Å²) < 4.78 is 24.2. The second kappa shape index (κ2) is 13.1. The van der Waals surface area contributed by atoms with E-state index in [-0.39, 0.29) is 41.2 Å². The number of aromatic nitrogens is 1. The van der Waals surface area contributed by atoms with Gasteiger partial charge in [0.05, 0.1) is 13.2 Å². The summed E-state index contributed by atoms with van der Waals surface area (Å²) in [5.74, 6) is 1.18. The van der Waals surface area contributed by atoms with Crippen molar-refractivity contribution in [1.82, 2.24) is 9.88 Å². The lowest BCUT2D eigenvalue weighted by atomic mass is 9.83. The Hall–Kier alpha value is -4.07. The van der Waals surface area contributed by atoms with Gasteiger partial charge in [-0.25, -0.2) is 4.39 Å². The van der Waals surface area contributed by atoms with Crippen LogP contribution in [0.3, 0.4) is 0 Å². The maximum absolute atomic E-state index is 13.1. The van der Waals surface area contributed by atoms with E-state index in [4.69, 9.17) is 9.47 Å². The average Bonchev–Trinajstić information content (AvgIpc) is 3.02. The molecule has 0 bridgehead atoms. The van der Waals surface area contributed by atoms with Crippen LogP contribution in [0.25, 0.3) is 0 Å². The molecule has 41 heavy (non-hydrogen) atoms. The van der Waals surface area contributed by atoms with E-state index in [2.05, 4.69) is 4.98 Å². The monoisotopic (exact) mass is 558 g/mol. The maximum atomic E-state index is 13.1. The molecule has 1 saturated heterocycles. The minimum absolute atomic E-state index is 0.0252. The highest BCUT2D eigenvalue weighted by atomic mass is 19.1. The third-order valence-corrected chi connectivity index (χ3v) is 8.22. The van der Waals surface area contributed by atoms with Gasteiger partial charge in [0.15, 0.2) is 11.6 Å². The van der Waals surface area contributed by atoms with Crippen LogP contribution in [0.15, 0.2) is 66.9 Å². The van der Waals surface area contributed by atoms with Crippen molar-refractivity contribution in [2.45, 2.75) is 51.0 Å². The summed E-state index contributed by atoms with van der Waals surface area (Å²) in [6.07, 6.45) is 6.69. The molecule has 3 aromatic rings. The molecule has 2 fully saturated rings. The molecule has 2 aliphatic rings. The molecule has 2 heterocycles. The summed E-state index contributed by atoms with van der Waals surface area (Å²) in [7, 11) is 1.59. The second-order valence-corrected chi connectivity index (χ2v) is 10.9. The summed E-state index contributed by atoms with van der Waals surface area (Å²) in [4.78, 5) is 44.9. The summed E-state index contributed by atoms with van der Waals surface area (Å²) in [5.41, 5.74) is 1.47. The standard InChI is InChI=1S/C33H35FN2O5/c1-40-27-11-4-23(5-12-27)32(38)24-16-18-36(19-17-24)33(39)30-15-6-25(21-35-30)31(37)20-22-2-9-28(10-3-22)41-29-13-7-26(34)8-14-29/h4-8,11-15,21-22,24,28H,2-3,9-10,16-20H2,1H3. The Bertz CT molecular complexity index is 1340. The normalized spacial score (nSPS) is 19.4. The Labute approximate surface area is 239 Å². The third kappa shape index (κ3) is 7.17. The van der Waals surface area contributed by atoms with Crippen molar-refractivity contribution < 1.29 is 28.2 Å². The van der Waals surface area contributed by atoms with Crippen LogP contribution in [0, 0.1) is 17.7 Å². The smallest absolute Gasteiger partial charge is 0.272 e. The fourth-order valence-electron chi connectivity index (χ4n) is 5.72. The molecule has 2 aromatic carbocycles. The zero-order valence-corrected chi connectivity index (χ0v) is 23.3. The topological polar surface area (TPSA) is 85.8 Å². The zero-order chi connectivity index (χ0) is 28.8. The molecule has 0 N–H and O–H groups in total. The van der Waals surface area contributed by atoms with Gasteiger partial charge in [0.1, 0.15) is 23.0 Å². The number of hydrogen-bond donors (Lipinski definition) is 0. The number of ketones is 2. The Balaban J connectivity index is 1.07. The molecule has 8 heteroatoms. The van der Waals surface area contributed by atoms with Gasteiger partial charge in [-0.1, -0.05) is 0 Å². The number of piperidine rings is 1. The van der Waals surface area contributed by atoms with Crippen LogP contribution in [0.2, 0.25) is 0 Å². The third-order valence-electron chi connectivity index (χ3n) is 8.22. The van der Waals surface area contributed by atoms with Crippen LogP contribution in [-0.2, 0) is 0 Å². The zero-order valence-electron chi connectivity index (χ0n) is 23.3. The van der Waals surface area contributed by atoms with Crippen molar-refractivity contribution in [3.63, 3.8) is 0 Å². The van der Waals surface area contributed by atoms with E-state index in [1.807, 2.05) is 0 Å². The van der Waals surface area contributed by atoms with Gasteiger partial charge < -0.3 is 14.4 Å². The molecule has 1 saturated carbocycles. The molecule has 1 amide bonds. The van der Waals surface area contributed by atoms with Crippen molar-refractivity contribution in [2.24, 2.45) is 11.8 Å². The SMILES string of the molecule is COc1ccc(C(=O)C2CCN(C(=O)c3ccc(C(=O)CC4CCC(Oc5ccc(F)cc5)CC4)cn3)CC2)cc1. The minimum Gasteiger partial charge on any atom is -0.497 e. The van der Waals surface area contributed by atoms with Crippen LogP contribution < -0.4 is 9.47 Å². The van der Waals surface area contributed by atoms with Crippen molar-refractivity contribution in [2.75, 3.05) is 20.2 Å². The van der Waals surface area contributed by atoms with Crippen LogP contribution >= 0.6 is 0 Å². The number of hydrogen-bond acceptors (Lipinski definition) is 6. The molecule has 0 atom stereocenters. The van der Waals surface area contributed by atoms with E-state index in [9.17, 15) is 18.8 Å². The van der Waals surface area contributed by atoms with Gasteiger partial charge in [0, 0.05) is 42.8 Å². The molecule has 1 aliphatic heterocycles. The van der Waals surface area contributed by atoms with Gasteiger partial charge in [-0.2, -0.15) is 0 Å². The first-order valence-electron chi connectivity index (χ1n) is 14.3. The lowest BCUT2D eigenvalue weighted by Crippen LogP contribution is -2.40. The number of pyridine rings is 1. The molecule has 1 aromatic heterocycles. The Kier molecular flexibility index (Phi) is 9.07. The number of rotatable bonds is 9. The summed E-state index contributed by atoms with van der Waals surface area (Å²) in [5, 5.41) is 0. The molecule has 0 radical (unpaired) electrons. The van der Waals surface area contributed by atoms with Gasteiger partial charge in [-0.05, 0) is 105 Å². The number of Topliss-reactive ketones (excluding diaryl/α,β-unsaturated/α-hetero) is 2. The van der Waals surface area contributed by atoms with Crippen LogP contribution in [0.4, 0.5) is 4.39 Å². The molecule has 214 valence electrons. The molecule has 7 nitrogen and oxygen atoms in total. The molecule has 0 unspecified atom stereocenters. The van der Waals surface area contributed by atoms with Crippen molar-refractivity contribution in [1.29, 1.82) is 0 Å². The first-order valence-corrected chi connectivity index (χ1v) is 14.3. The number of nitrogens with zero attached hydrogens (tertiary/aromatic N) is 2. The number of likely N-dealkylation sites (tertiary alicyclic amines) is 1. The van der Waals surface area contributed by atoms with Gasteiger partial charge in [-0.15, -0.1) is 0 Å². The predicted molar refractivity (Wildman–Crippen MR) is 152 cm³/mol. The fraction of sp³-hybridized carbons (Fsp3) is 0.394. The fourth-order valence-corrected chi connectivity index (χ4v) is 5.72. The lowest BCUT2D eigenvalue weighted by molar-refractivity contribution is 0.0645. The van der Waals surface area contributed by atoms with Crippen molar-refractivity contribution >= 4 is 17.5 Å². The Morgan fingerprint density at radius 2 is 1.46 bits per heavy atom. The molecule has 1 aliphatic carbocycles. The van der Waals surface area contributed by atoms with Gasteiger partial charge in [-0.3, -0.25) is 19.4 Å². The van der Waals surface area contributed by atoms with Gasteiger partial charge >= 0.3 is 0 Å². The van der Waals surface area contributed by atoms with E-state index in [0.29, 0.717) is 60.7 Å². The first kappa shape index (κ1) is 28.5. The van der Waals surface area contributed by atoms with E-state index in [0.717, 1.165) is 25.7 Å². The second-order valence-electron chi connectivity index (χ2n) is 10.9. The number of ether oxygens (including phenoxy) is 2. The number of amides is 1. The average molecular weight is 559 g/mol. The molecular weight excluding hydrogens is 523 g/mol. The largest absolute Gasteiger partial charge is 0.497 e. The Morgan fingerprint density at radius 1 is 0.829 bits per heavy atom. The lowest BCUT2D eigenvalue weighted by Gasteiger charge is -2.31. The number of benzene rings is 2. The number of carbonyl (C=O) groups is 3. The van der Waals surface area contributed by atoms with Crippen molar-refractivity contribution in [3.05, 3.63) is 89.5 Å². The molecule has 5 rings (SSSR count). The Morgan fingerprint density at radius 3 is 2.07 bits per heavy atom. The van der Waals surface area contributed by atoms with Crippen molar-refractivity contribution in [3.8, 4) is 11.5 Å². The van der Waals surface area contributed by atoms with Gasteiger partial charge in [0.25, 0.3) is 5.91 Å². The highest BCUT2D eigenvalue weighted by molar-refractivity contribution is 5.99. The summed E-state index contributed by atoms with van der Waals surface area (Å²) in [6, 6.07) is 16.5. The minimum atomic E-state index is -0.287.